The molecule has 116 valence electrons. The van der Waals surface area contributed by atoms with E-state index < -0.39 is 6.10 Å². The van der Waals surface area contributed by atoms with E-state index in [1.54, 1.807) is 18.2 Å². The summed E-state index contributed by atoms with van der Waals surface area (Å²) in [5, 5.41) is 13.5. The summed E-state index contributed by atoms with van der Waals surface area (Å²) < 4.78 is 1.33. The second-order valence-electron chi connectivity index (χ2n) is 5.71. The first-order chi connectivity index (χ1) is 10.6. The van der Waals surface area contributed by atoms with E-state index >= 15 is 0 Å². The predicted molar refractivity (Wildman–Crippen MR) is 82.7 cm³/mol. The SMILES string of the molecule is O=C(CC1NCCC[C@@H]1O)Cn1cnc2ccccc2c1=O. The predicted octanol–water partition coefficient (Wildman–Crippen LogP) is 0.469. The van der Waals surface area contributed by atoms with Crippen molar-refractivity contribution in [2.75, 3.05) is 6.54 Å². The van der Waals surface area contributed by atoms with Crippen molar-refractivity contribution >= 4 is 16.7 Å². The first-order valence-corrected chi connectivity index (χ1v) is 7.52. The molecule has 0 aliphatic carbocycles. The number of nitrogens with one attached hydrogen (secondary N) is 1. The number of para-hydroxylation sites is 1. The van der Waals surface area contributed by atoms with Crippen molar-refractivity contribution in [1.82, 2.24) is 14.9 Å². The zero-order valence-corrected chi connectivity index (χ0v) is 12.2. The van der Waals surface area contributed by atoms with Crippen LogP contribution in [0.25, 0.3) is 10.9 Å². The number of aromatic nitrogens is 2. The molecule has 0 amide bonds. The van der Waals surface area contributed by atoms with Gasteiger partial charge in [-0.15, -0.1) is 0 Å². The lowest BCUT2D eigenvalue weighted by Crippen LogP contribution is -2.46. The zero-order chi connectivity index (χ0) is 15.5. The molecule has 1 aliphatic heterocycles. The Morgan fingerprint density at radius 1 is 1.41 bits per heavy atom. The Morgan fingerprint density at radius 3 is 3.05 bits per heavy atom. The number of rotatable bonds is 4. The van der Waals surface area contributed by atoms with Gasteiger partial charge in [0, 0.05) is 12.5 Å². The van der Waals surface area contributed by atoms with Crippen LogP contribution in [-0.4, -0.2) is 39.1 Å². The Hall–Kier alpha value is -2.05. The van der Waals surface area contributed by atoms with E-state index in [1.165, 1.54) is 10.9 Å². The quantitative estimate of drug-likeness (QED) is 0.857. The summed E-state index contributed by atoms with van der Waals surface area (Å²) >= 11 is 0. The highest BCUT2D eigenvalue weighted by Gasteiger charge is 2.24. The average Bonchev–Trinajstić information content (AvgIpc) is 2.53. The highest BCUT2D eigenvalue weighted by atomic mass is 16.3. The Labute approximate surface area is 127 Å². The number of hydrogen-bond acceptors (Lipinski definition) is 5. The summed E-state index contributed by atoms with van der Waals surface area (Å²) in [7, 11) is 0. The number of Topliss-reactive ketones (excluding diaryl/α,β-unsaturated/α-hetero) is 1. The maximum Gasteiger partial charge on any atom is 0.261 e. The molecule has 0 saturated carbocycles. The third-order valence-corrected chi connectivity index (χ3v) is 4.07. The largest absolute Gasteiger partial charge is 0.391 e. The molecule has 1 aromatic carbocycles. The maximum atomic E-state index is 12.3. The standard InChI is InChI=1S/C16H19N3O3/c20-11(8-14-15(21)6-3-7-17-14)9-19-10-18-13-5-2-1-4-12(13)16(19)22/h1-2,4-5,10,14-15,17,21H,3,6-9H2/t14?,15-/m0/s1. The highest BCUT2D eigenvalue weighted by Crippen LogP contribution is 2.12. The molecule has 2 aromatic rings. The van der Waals surface area contributed by atoms with Gasteiger partial charge in [-0.05, 0) is 31.5 Å². The Bertz CT molecular complexity index is 741. The van der Waals surface area contributed by atoms with E-state index in [9.17, 15) is 14.7 Å². The molecule has 0 bridgehead atoms. The van der Waals surface area contributed by atoms with Crippen molar-refractivity contribution in [3.8, 4) is 0 Å². The number of fused-ring (bicyclic) bond motifs is 1. The van der Waals surface area contributed by atoms with Gasteiger partial charge in [-0.2, -0.15) is 0 Å². The molecular formula is C16H19N3O3. The molecule has 2 atom stereocenters. The first kappa shape index (κ1) is 14.9. The van der Waals surface area contributed by atoms with E-state index in [0.717, 1.165) is 13.0 Å². The van der Waals surface area contributed by atoms with E-state index in [0.29, 0.717) is 17.3 Å². The minimum Gasteiger partial charge on any atom is -0.391 e. The molecule has 1 aliphatic rings. The molecule has 1 saturated heterocycles. The fraction of sp³-hybridized carbons (Fsp3) is 0.438. The van der Waals surface area contributed by atoms with Crippen LogP contribution >= 0.6 is 0 Å². The van der Waals surface area contributed by atoms with Gasteiger partial charge in [0.25, 0.3) is 5.56 Å². The van der Waals surface area contributed by atoms with Gasteiger partial charge in [0.15, 0.2) is 5.78 Å². The van der Waals surface area contributed by atoms with Gasteiger partial charge in [-0.1, -0.05) is 12.1 Å². The van der Waals surface area contributed by atoms with Crippen molar-refractivity contribution < 1.29 is 9.90 Å². The Kier molecular flexibility index (Phi) is 4.31. The van der Waals surface area contributed by atoms with Crippen LogP contribution in [0, 0.1) is 0 Å². The summed E-state index contributed by atoms with van der Waals surface area (Å²) in [5.41, 5.74) is 0.414. The minimum atomic E-state index is -0.496. The number of aliphatic hydroxyl groups excluding tert-OH is 1. The van der Waals surface area contributed by atoms with Crippen LogP contribution in [0.5, 0.6) is 0 Å². The first-order valence-electron chi connectivity index (χ1n) is 7.52. The van der Waals surface area contributed by atoms with E-state index in [1.807, 2.05) is 6.07 Å². The van der Waals surface area contributed by atoms with Gasteiger partial charge in [0.1, 0.15) is 0 Å². The van der Waals surface area contributed by atoms with Gasteiger partial charge in [0.05, 0.1) is 29.9 Å². The number of carbonyl (C=O) groups is 1. The third kappa shape index (κ3) is 3.08. The molecule has 1 unspecified atom stereocenters. The molecule has 0 spiro atoms. The zero-order valence-electron chi connectivity index (χ0n) is 12.2. The van der Waals surface area contributed by atoms with Crippen molar-refractivity contribution in [3.05, 3.63) is 40.9 Å². The summed E-state index contributed by atoms with van der Waals surface area (Å²) in [5.74, 6) is -0.0855. The molecule has 3 rings (SSSR count). The topological polar surface area (TPSA) is 84.2 Å². The molecule has 1 fully saturated rings. The number of benzene rings is 1. The van der Waals surface area contributed by atoms with Crippen LogP contribution in [0.4, 0.5) is 0 Å². The third-order valence-electron chi connectivity index (χ3n) is 4.07. The van der Waals surface area contributed by atoms with Crippen molar-refractivity contribution in [2.24, 2.45) is 0 Å². The summed E-state index contributed by atoms with van der Waals surface area (Å²) in [6, 6.07) is 6.86. The summed E-state index contributed by atoms with van der Waals surface area (Å²) in [4.78, 5) is 28.7. The number of piperidine rings is 1. The van der Waals surface area contributed by atoms with Gasteiger partial charge >= 0.3 is 0 Å². The molecule has 2 heterocycles. The number of hydrogen-bond donors (Lipinski definition) is 2. The monoisotopic (exact) mass is 301 g/mol. The molecule has 0 radical (unpaired) electrons. The van der Waals surface area contributed by atoms with Crippen molar-refractivity contribution in [1.29, 1.82) is 0 Å². The summed E-state index contributed by atoms with van der Waals surface area (Å²) in [6.07, 6.45) is 2.76. The molecule has 6 heteroatoms. The molecule has 22 heavy (non-hydrogen) atoms. The summed E-state index contributed by atoms with van der Waals surface area (Å²) in [6.45, 7) is 0.800. The lowest BCUT2D eigenvalue weighted by atomic mass is 9.97. The molecule has 6 nitrogen and oxygen atoms in total. The Balaban J connectivity index is 1.74. The highest BCUT2D eigenvalue weighted by molar-refractivity contribution is 5.80. The number of aliphatic hydroxyl groups is 1. The van der Waals surface area contributed by atoms with E-state index in [2.05, 4.69) is 10.3 Å². The fourth-order valence-electron chi connectivity index (χ4n) is 2.86. The van der Waals surface area contributed by atoms with E-state index in [-0.39, 0.29) is 30.3 Å². The van der Waals surface area contributed by atoms with Crippen LogP contribution < -0.4 is 10.9 Å². The molecular weight excluding hydrogens is 282 g/mol. The number of ketones is 1. The van der Waals surface area contributed by atoms with Gasteiger partial charge in [-0.25, -0.2) is 4.98 Å². The van der Waals surface area contributed by atoms with E-state index in [4.69, 9.17) is 0 Å². The van der Waals surface area contributed by atoms with Crippen LogP contribution in [-0.2, 0) is 11.3 Å². The van der Waals surface area contributed by atoms with Crippen molar-refractivity contribution in [3.63, 3.8) is 0 Å². The van der Waals surface area contributed by atoms with Gasteiger partial charge in [-0.3, -0.25) is 14.2 Å². The molecule has 2 N–H and O–H groups in total. The second-order valence-corrected chi connectivity index (χ2v) is 5.71. The fourth-order valence-corrected chi connectivity index (χ4v) is 2.86. The smallest absolute Gasteiger partial charge is 0.261 e. The number of nitrogens with zero attached hydrogens (tertiary/aromatic N) is 2. The normalized spacial score (nSPS) is 21.9. The van der Waals surface area contributed by atoms with Crippen molar-refractivity contribution in [2.45, 2.75) is 38.0 Å². The van der Waals surface area contributed by atoms with Crippen LogP contribution in [0.15, 0.2) is 35.4 Å². The lowest BCUT2D eigenvalue weighted by molar-refractivity contribution is -0.121. The second kappa shape index (κ2) is 6.37. The average molecular weight is 301 g/mol. The van der Waals surface area contributed by atoms with Crippen LogP contribution in [0.2, 0.25) is 0 Å². The van der Waals surface area contributed by atoms with Crippen LogP contribution in [0.3, 0.4) is 0 Å². The maximum absolute atomic E-state index is 12.3. The minimum absolute atomic E-state index is 0.0123. The van der Waals surface area contributed by atoms with Gasteiger partial charge < -0.3 is 10.4 Å². The number of carbonyl (C=O) groups excluding carboxylic acids is 1. The van der Waals surface area contributed by atoms with Crippen LogP contribution in [0.1, 0.15) is 19.3 Å². The Morgan fingerprint density at radius 2 is 2.23 bits per heavy atom. The molecule has 1 aromatic heterocycles. The lowest BCUT2D eigenvalue weighted by Gasteiger charge is -2.28. The van der Waals surface area contributed by atoms with Gasteiger partial charge in [0.2, 0.25) is 0 Å².